The van der Waals surface area contributed by atoms with Crippen molar-refractivity contribution in [3.63, 3.8) is 0 Å². The van der Waals surface area contributed by atoms with Gasteiger partial charge in [-0.1, -0.05) is 188 Å². The molecule has 2 aliphatic carbocycles. The molecule has 2 aliphatic heterocycles. The summed E-state index contributed by atoms with van der Waals surface area (Å²) in [5.41, 5.74) is 27.3. The number of rotatable bonds is 6. The van der Waals surface area contributed by atoms with Gasteiger partial charge in [0, 0.05) is 51.1 Å². The van der Waals surface area contributed by atoms with Crippen LogP contribution in [0.15, 0.2) is 164 Å². The standard InChI is InChI=1S/C73H80BN3/c1-47-39-55-57(72(12,13)37-35-70(55,8)9)45-62(47)77-63-43-53(75(51-27-21-17-22-28-51)52-29-23-18-24-30-52)32-33-59(63)74-60-44-56-58(73(14,15)38-36-71(56,10)11)46-64(60)76(65-41-50(69(5,6)7)42-66(77)67(65)74)61-34-31-49(68(2,3)4)40-54(61)48-25-19-16-20-26-48/h16-34,39-46H,35-38H2,1-15H3. The van der Waals surface area contributed by atoms with Crippen LogP contribution in [0.3, 0.4) is 0 Å². The third kappa shape index (κ3) is 8.38. The van der Waals surface area contributed by atoms with E-state index in [0.29, 0.717) is 0 Å². The zero-order chi connectivity index (χ0) is 54.4. The number of nitrogens with zero attached hydrogens (tertiary/aromatic N) is 3. The molecule has 0 unspecified atom stereocenters. The van der Waals surface area contributed by atoms with Gasteiger partial charge in [0.15, 0.2) is 0 Å². The molecule has 12 rings (SSSR count). The summed E-state index contributed by atoms with van der Waals surface area (Å²) in [5, 5.41) is 0. The Morgan fingerprint density at radius 1 is 0.390 bits per heavy atom. The third-order valence-electron chi connectivity index (χ3n) is 18.8. The Bertz CT molecular complexity index is 3580. The molecule has 0 bridgehead atoms. The van der Waals surface area contributed by atoms with Crippen LogP contribution in [-0.2, 0) is 32.5 Å². The summed E-state index contributed by atoms with van der Waals surface area (Å²) in [6.07, 6.45) is 4.62. The highest BCUT2D eigenvalue weighted by molar-refractivity contribution is 7.00. The second-order valence-electron chi connectivity index (χ2n) is 28.1. The fourth-order valence-electron chi connectivity index (χ4n) is 13.7. The molecule has 0 saturated carbocycles. The van der Waals surface area contributed by atoms with Gasteiger partial charge < -0.3 is 14.7 Å². The first-order valence-electron chi connectivity index (χ1n) is 28.7. The van der Waals surface area contributed by atoms with Gasteiger partial charge in [-0.3, -0.25) is 0 Å². The molecule has 2 heterocycles. The van der Waals surface area contributed by atoms with Crippen molar-refractivity contribution in [1.29, 1.82) is 0 Å². The molecule has 4 aliphatic rings. The second-order valence-corrected chi connectivity index (χ2v) is 28.1. The van der Waals surface area contributed by atoms with E-state index < -0.39 is 0 Å². The van der Waals surface area contributed by atoms with E-state index in [0.717, 1.165) is 36.3 Å². The highest BCUT2D eigenvalue weighted by Crippen LogP contribution is 2.55. The van der Waals surface area contributed by atoms with E-state index in [9.17, 15) is 0 Å². The van der Waals surface area contributed by atoms with Gasteiger partial charge in [0.05, 0.1) is 5.69 Å². The topological polar surface area (TPSA) is 9.72 Å². The van der Waals surface area contributed by atoms with Crippen molar-refractivity contribution in [2.24, 2.45) is 0 Å². The van der Waals surface area contributed by atoms with Gasteiger partial charge in [0.2, 0.25) is 0 Å². The van der Waals surface area contributed by atoms with Crippen LogP contribution < -0.4 is 31.1 Å². The van der Waals surface area contributed by atoms with Crippen molar-refractivity contribution in [3.8, 4) is 11.1 Å². The van der Waals surface area contributed by atoms with Crippen molar-refractivity contribution < 1.29 is 0 Å². The quantitative estimate of drug-likeness (QED) is 0.154. The highest BCUT2D eigenvalue weighted by Gasteiger charge is 2.48. The monoisotopic (exact) mass is 1010 g/mol. The van der Waals surface area contributed by atoms with E-state index in [1.807, 2.05) is 0 Å². The van der Waals surface area contributed by atoms with E-state index in [2.05, 4.69) is 282 Å². The lowest BCUT2D eigenvalue weighted by Gasteiger charge is -2.48. The summed E-state index contributed by atoms with van der Waals surface area (Å²) < 4.78 is 0. The third-order valence-corrected chi connectivity index (χ3v) is 18.8. The van der Waals surface area contributed by atoms with E-state index in [1.54, 1.807) is 0 Å². The number of hydrogen-bond acceptors (Lipinski definition) is 3. The molecular weight excluding hydrogens is 930 g/mol. The van der Waals surface area contributed by atoms with Crippen LogP contribution in [0.25, 0.3) is 11.1 Å². The number of para-hydroxylation sites is 2. The maximum absolute atomic E-state index is 2.72. The lowest BCUT2D eigenvalue weighted by molar-refractivity contribution is 0.332. The first-order chi connectivity index (χ1) is 36.3. The fourth-order valence-corrected chi connectivity index (χ4v) is 13.7. The summed E-state index contributed by atoms with van der Waals surface area (Å²) in [6.45, 7) is 36.4. The van der Waals surface area contributed by atoms with Gasteiger partial charge in [-0.25, -0.2) is 0 Å². The molecule has 390 valence electrons. The summed E-state index contributed by atoms with van der Waals surface area (Å²) in [6, 6.07) is 63.6. The molecule has 4 heteroatoms. The summed E-state index contributed by atoms with van der Waals surface area (Å²) in [7, 11) is 0. The highest BCUT2D eigenvalue weighted by atomic mass is 15.2. The lowest BCUT2D eigenvalue weighted by atomic mass is 9.33. The fraction of sp³-hybridized carbons (Fsp3) is 0.342. The average Bonchev–Trinajstić information content (AvgIpc) is 3.51. The van der Waals surface area contributed by atoms with E-state index in [4.69, 9.17) is 0 Å². The van der Waals surface area contributed by atoms with Crippen LogP contribution in [0.2, 0.25) is 0 Å². The Kier molecular flexibility index (Phi) is 11.7. The Labute approximate surface area is 462 Å². The number of aryl methyl sites for hydroxylation is 1. The van der Waals surface area contributed by atoms with Gasteiger partial charge >= 0.3 is 0 Å². The Morgan fingerprint density at radius 3 is 1.36 bits per heavy atom. The second kappa shape index (κ2) is 17.6. The predicted molar refractivity (Wildman–Crippen MR) is 333 cm³/mol. The van der Waals surface area contributed by atoms with Crippen molar-refractivity contribution in [2.75, 3.05) is 14.7 Å². The molecule has 3 nitrogen and oxygen atoms in total. The molecule has 8 aromatic rings. The molecule has 0 spiro atoms. The molecule has 0 fully saturated rings. The largest absolute Gasteiger partial charge is 0.311 e. The van der Waals surface area contributed by atoms with Gasteiger partial charge in [0.1, 0.15) is 0 Å². The molecule has 0 atom stereocenters. The summed E-state index contributed by atoms with van der Waals surface area (Å²) >= 11 is 0. The van der Waals surface area contributed by atoms with Crippen LogP contribution in [0.1, 0.15) is 162 Å². The molecule has 0 saturated heterocycles. The van der Waals surface area contributed by atoms with Crippen LogP contribution >= 0.6 is 0 Å². The Balaban J connectivity index is 1.24. The Hall–Kier alpha value is -6.78. The zero-order valence-corrected chi connectivity index (χ0v) is 48.8. The number of benzene rings is 8. The molecule has 0 amide bonds. The van der Waals surface area contributed by atoms with Crippen LogP contribution in [0, 0.1) is 6.92 Å². The minimum absolute atomic E-state index is 0.00340. The predicted octanol–water partition coefficient (Wildman–Crippen LogP) is 18.5. The smallest absolute Gasteiger partial charge is 0.252 e. The first-order valence-corrected chi connectivity index (χ1v) is 28.7. The van der Waals surface area contributed by atoms with Crippen molar-refractivity contribution >= 4 is 74.3 Å². The molecule has 0 radical (unpaired) electrons. The van der Waals surface area contributed by atoms with E-state index in [-0.39, 0.29) is 39.2 Å². The van der Waals surface area contributed by atoms with Crippen molar-refractivity contribution in [1.82, 2.24) is 0 Å². The molecular formula is C73H80BN3. The van der Waals surface area contributed by atoms with Crippen molar-refractivity contribution in [3.05, 3.63) is 203 Å². The molecule has 0 aromatic heterocycles. The van der Waals surface area contributed by atoms with Crippen LogP contribution in [0.5, 0.6) is 0 Å². The summed E-state index contributed by atoms with van der Waals surface area (Å²) in [5.74, 6) is 0. The van der Waals surface area contributed by atoms with Crippen LogP contribution in [-0.4, -0.2) is 6.71 Å². The average molecular weight is 1010 g/mol. The Morgan fingerprint density at radius 2 is 0.844 bits per heavy atom. The maximum atomic E-state index is 2.72. The van der Waals surface area contributed by atoms with Gasteiger partial charge in [-0.15, -0.1) is 0 Å². The van der Waals surface area contributed by atoms with Gasteiger partial charge in [-0.2, -0.15) is 0 Å². The molecule has 0 N–H and O–H groups in total. The number of hydrogen-bond donors (Lipinski definition) is 0. The zero-order valence-electron chi connectivity index (χ0n) is 48.8. The van der Waals surface area contributed by atoms with Gasteiger partial charge in [-0.05, 0) is 199 Å². The van der Waals surface area contributed by atoms with E-state index in [1.165, 1.54) is 107 Å². The lowest BCUT2D eigenvalue weighted by Crippen LogP contribution is -2.62. The van der Waals surface area contributed by atoms with Gasteiger partial charge in [0.25, 0.3) is 6.71 Å². The van der Waals surface area contributed by atoms with E-state index >= 15 is 0 Å². The molecule has 77 heavy (non-hydrogen) atoms. The normalized spacial score (nSPS) is 17.4. The summed E-state index contributed by atoms with van der Waals surface area (Å²) in [4.78, 5) is 7.89. The van der Waals surface area contributed by atoms with Crippen molar-refractivity contribution in [2.45, 2.75) is 162 Å². The van der Waals surface area contributed by atoms with Crippen LogP contribution in [0.4, 0.5) is 51.2 Å². The minimum Gasteiger partial charge on any atom is -0.311 e. The first kappa shape index (κ1) is 51.0. The minimum atomic E-state index is -0.171. The maximum Gasteiger partial charge on any atom is 0.252 e. The molecule has 8 aromatic carbocycles. The number of anilines is 9. The SMILES string of the molecule is Cc1cc2c(cc1N1c3cc(N(c4ccccc4)c4ccccc4)ccc3B3c4cc5c(cc4N(c4ccc(C(C)(C)C)cc4-c4ccccc4)c4cc(C(C)(C)C)cc1c43)C(C)(C)CCC5(C)C)C(C)(C)CCC2(C)C. The number of fused-ring (bicyclic) bond motifs is 6.